The van der Waals surface area contributed by atoms with Gasteiger partial charge in [-0.3, -0.25) is 4.79 Å². The van der Waals surface area contributed by atoms with E-state index in [1.807, 2.05) is 32.0 Å². The third-order valence-electron chi connectivity index (χ3n) is 2.50. The van der Waals surface area contributed by atoms with Crippen molar-refractivity contribution in [3.63, 3.8) is 0 Å². The van der Waals surface area contributed by atoms with E-state index in [9.17, 15) is 4.79 Å². The SMILES string of the molecule is COc1cccc2c1NC(=O)C(C)(C)N2. The quantitative estimate of drug-likeness (QED) is 0.737. The summed E-state index contributed by atoms with van der Waals surface area (Å²) in [7, 11) is 1.58. The first-order valence-electron chi connectivity index (χ1n) is 4.81. The molecular formula is C11H14N2O2. The summed E-state index contributed by atoms with van der Waals surface area (Å²) in [6.07, 6.45) is 0. The zero-order valence-corrected chi connectivity index (χ0v) is 9.05. The normalized spacial score (nSPS) is 17.4. The molecule has 0 saturated heterocycles. The molecule has 15 heavy (non-hydrogen) atoms. The third-order valence-corrected chi connectivity index (χ3v) is 2.50. The molecule has 2 N–H and O–H groups in total. The fourth-order valence-corrected chi connectivity index (χ4v) is 1.60. The lowest BCUT2D eigenvalue weighted by Crippen LogP contribution is -2.47. The molecule has 1 aromatic rings. The Balaban J connectivity index is 2.49. The van der Waals surface area contributed by atoms with E-state index in [0.29, 0.717) is 11.4 Å². The zero-order chi connectivity index (χ0) is 11.1. The number of nitrogens with one attached hydrogen (secondary N) is 2. The van der Waals surface area contributed by atoms with Crippen LogP contribution in [0.4, 0.5) is 11.4 Å². The number of fused-ring (bicyclic) bond motifs is 1. The second kappa shape index (κ2) is 3.15. The highest BCUT2D eigenvalue weighted by molar-refractivity contribution is 6.06. The van der Waals surface area contributed by atoms with Crippen LogP contribution in [0, 0.1) is 0 Å². The Kier molecular flexibility index (Phi) is 2.07. The molecule has 0 aromatic heterocycles. The number of hydrogen-bond donors (Lipinski definition) is 2. The summed E-state index contributed by atoms with van der Waals surface area (Å²) in [5.41, 5.74) is 1.02. The molecule has 0 fully saturated rings. The summed E-state index contributed by atoms with van der Waals surface area (Å²) in [4.78, 5) is 11.7. The van der Waals surface area contributed by atoms with E-state index in [4.69, 9.17) is 4.74 Å². The first kappa shape index (κ1) is 9.83. The van der Waals surface area contributed by atoms with Crippen LogP contribution in [-0.2, 0) is 4.79 Å². The molecule has 80 valence electrons. The maximum Gasteiger partial charge on any atom is 0.249 e. The van der Waals surface area contributed by atoms with Crippen molar-refractivity contribution in [3.8, 4) is 5.75 Å². The van der Waals surface area contributed by atoms with Gasteiger partial charge in [0.1, 0.15) is 17.0 Å². The minimum Gasteiger partial charge on any atom is -0.494 e. The van der Waals surface area contributed by atoms with Crippen molar-refractivity contribution in [1.82, 2.24) is 0 Å². The topological polar surface area (TPSA) is 50.4 Å². The van der Waals surface area contributed by atoms with Crippen LogP contribution >= 0.6 is 0 Å². The lowest BCUT2D eigenvalue weighted by Gasteiger charge is -2.33. The number of rotatable bonds is 1. The number of anilines is 2. The fraction of sp³-hybridized carbons (Fsp3) is 0.364. The lowest BCUT2D eigenvalue weighted by atomic mass is 10.00. The van der Waals surface area contributed by atoms with Gasteiger partial charge in [0.05, 0.1) is 12.8 Å². The van der Waals surface area contributed by atoms with Crippen LogP contribution in [0.3, 0.4) is 0 Å². The van der Waals surface area contributed by atoms with Crippen molar-refractivity contribution >= 4 is 17.3 Å². The standard InChI is InChI=1S/C11H14N2O2/c1-11(2)10(14)12-9-7(13-11)5-4-6-8(9)15-3/h4-6,13H,1-3H3,(H,12,14). The summed E-state index contributed by atoms with van der Waals surface area (Å²) in [5, 5.41) is 6.01. The molecule has 1 aliphatic rings. The van der Waals surface area contributed by atoms with Crippen LogP contribution in [0.2, 0.25) is 0 Å². The highest BCUT2D eigenvalue weighted by Gasteiger charge is 2.33. The summed E-state index contributed by atoms with van der Waals surface area (Å²) < 4.78 is 5.17. The summed E-state index contributed by atoms with van der Waals surface area (Å²) in [5.74, 6) is 0.614. The van der Waals surface area contributed by atoms with E-state index in [-0.39, 0.29) is 5.91 Å². The summed E-state index contributed by atoms with van der Waals surface area (Å²) in [6.45, 7) is 3.68. The van der Waals surface area contributed by atoms with Gasteiger partial charge >= 0.3 is 0 Å². The van der Waals surface area contributed by atoms with Crippen LogP contribution in [0.5, 0.6) is 5.75 Å². The highest BCUT2D eigenvalue weighted by Crippen LogP contribution is 2.37. The second-order valence-electron chi connectivity index (χ2n) is 4.09. The van der Waals surface area contributed by atoms with Gasteiger partial charge in [0.2, 0.25) is 5.91 Å². The van der Waals surface area contributed by atoms with E-state index in [2.05, 4.69) is 10.6 Å². The van der Waals surface area contributed by atoms with Crippen molar-refractivity contribution in [3.05, 3.63) is 18.2 Å². The Hall–Kier alpha value is -1.71. The highest BCUT2D eigenvalue weighted by atomic mass is 16.5. The number of methoxy groups -OCH3 is 1. The van der Waals surface area contributed by atoms with Gasteiger partial charge in [-0.05, 0) is 26.0 Å². The Morgan fingerprint density at radius 2 is 2.07 bits per heavy atom. The fourth-order valence-electron chi connectivity index (χ4n) is 1.60. The maximum absolute atomic E-state index is 11.7. The lowest BCUT2D eigenvalue weighted by molar-refractivity contribution is -0.119. The van der Waals surface area contributed by atoms with Gasteiger partial charge < -0.3 is 15.4 Å². The number of carbonyl (C=O) groups excluding carboxylic acids is 1. The van der Waals surface area contributed by atoms with Crippen molar-refractivity contribution < 1.29 is 9.53 Å². The number of amides is 1. The Morgan fingerprint density at radius 3 is 2.73 bits per heavy atom. The smallest absolute Gasteiger partial charge is 0.249 e. The Bertz CT molecular complexity index is 413. The van der Waals surface area contributed by atoms with Crippen molar-refractivity contribution in [2.75, 3.05) is 17.7 Å². The van der Waals surface area contributed by atoms with Crippen molar-refractivity contribution in [1.29, 1.82) is 0 Å². The number of hydrogen-bond acceptors (Lipinski definition) is 3. The van der Waals surface area contributed by atoms with E-state index in [1.54, 1.807) is 7.11 Å². The molecule has 0 radical (unpaired) electrons. The van der Waals surface area contributed by atoms with Crippen LogP contribution in [0.25, 0.3) is 0 Å². The first-order chi connectivity index (χ1) is 7.04. The molecule has 0 aliphatic carbocycles. The minimum atomic E-state index is -0.584. The second-order valence-corrected chi connectivity index (χ2v) is 4.09. The molecule has 1 aliphatic heterocycles. The molecular weight excluding hydrogens is 192 g/mol. The van der Waals surface area contributed by atoms with Crippen molar-refractivity contribution in [2.24, 2.45) is 0 Å². The zero-order valence-electron chi connectivity index (χ0n) is 9.05. The number of carbonyl (C=O) groups is 1. The predicted molar refractivity (Wildman–Crippen MR) is 59.3 cm³/mol. The molecule has 2 rings (SSSR count). The molecule has 4 nitrogen and oxygen atoms in total. The number of ether oxygens (including phenoxy) is 1. The molecule has 1 heterocycles. The maximum atomic E-state index is 11.7. The van der Waals surface area contributed by atoms with Crippen LogP contribution in [-0.4, -0.2) is 18.6 Å². The van der Waals surface area contributed by atoms with E-state index in [0.717, 1.165) is 5.69 Å². The van der Waals surface area contributed by atoms with Gasteiger partial charge in [0.25, 0.3) is 0 Å². The Morgan fingerprint density at radius 1 is 1.33 bits per heavy atom. The largest absolute Gasteiger partial charge is 0.494 e. The van der Waals surface area contributed by atoms with E-state index in [1.165, 1.54) is 0 Å². The van der Waals surface area contributed by atoms with Crippen LogP contribution < -0.4 is 15.4 Å². The average Bonchev–Trinajstić information content (AvgIpc) is 2.18. The van der Waals surface area contributed by atoms with E-state index < -0.39 is 5.54 Å². The average molecular weight is 206 g/mol. The molecule has 1 amide bonds. The van der Waals surface area contributed by atoms with E-state index >= 15 is 0 Å². The van der Waals surface area contributed by atoms with Crippen LogP contribution in [0.1, 0.15) is 13.8 Å². The molecule has 4 heteroatoms. The van der Waals surface area contributed by atoms with Gasteiger partial charge in [-0.25, -0.2) is 0 Å². The summed E-state index contributed by atoms with van der Waals surface area (Å²) >= 11 is 0. The van der Waals surface area contributed by atoms with Gasteiger partial charge in [-0.1, -0.05) is 6.07 Å². The summed E-state index contributed by atoms with van der Waals surface area (Å²) in [6, 6.07) is 5.62. The van der Waals surface area contributed by atoms with Crippen LogP contribution in [0.15, 0.2) is 18.2 Å². The predicted octanol–water partition coefficient (Wildman–Crippen LogP) is 1.84. The van der Waals surface area contributed by atoms with Gasteiger partial charge in [-0.2, -0.15) is 0 Å². The molecule has 0 spiro atoms. The van der Waals surface area contributed by atoms with Crippen molar-refractivity contribution in [2.45, 2.75) is 19.4 Å². The Labute approximate surface area is 88.6 Å². The number of benzene rings is 1. The molecule has 1 aromatic carbocycles. The first-order valence-corrected chi connectivity index (χ1v) is 4.81. The molecule has 0 unspecified atom stereocenters. The van der Waals surface area contributed by atoms with Gasteiger partial charge in [0.15, 0.2) is 0 Å². The minimum absolute atomic E-state index is 0.0560. The van der Waals surface area contributed by atoms with Gasteiger partial charge in [-0.15, -0.1) is 0 Å². The molecule has 0 saturated carbocycles. The molecule has 0 atom stereocenters. The monoisotopic (exact) mass is 206 g/mol. The number of para-hydroxylation sites is 1. The third kappa shape index (κ3) is 1.52. The molecule has 0 bridgehead atoms. The van der Waals surface area contributed by atoms with Gasteiger partial charge in [0, 0.05) is 0 Å².